The van der Waals surface area contributed by atoms with E-state index in [9.17, 15) is 17.6 Å². The Labute approximate surface area is 186 Å². The van der Waals surface area contributed by atoms with Crippen molar-refractivity contribution in [2.24, 2.45) is 17.8 Å². The van der Waals surface area contributed by atoms with Gasteiger partial charge < -0.3 is 4.74 Å². The zero-order valence-electron chi connectivity index (χ0n) is 18.6. The maximum absolute atomic E-state index is 14.1. The van der Waals surface area contributed by atoms with Gasteiger partial charge in [-0.2, -0.15) is 0 Å². The van der Waals surface area contributed by atoms with E-state index < -0.39 is 18.8 Å². The molecular weight excluding hydrogens is 420 g/mol. The highest BCUT2D eigenvalue weighted by Crippen LogP contribution is 2.42. The van der Waals surface area contributed by atoms with Crippen molar-refractivity contribution in [3.05, 3.63) is 29.6 Å². The fourth-order valence-electron chi connectivity index (χ4n) is 5.53. The fourth-order valence-corrected chi connectivity index (χ4v) is 8.59. The van der Waals surface area contributed by atoms with E-state index in [4.69, 9.17) is 4.74 Å². The Hall–Kier alpha value is -1.04. The molecule has 0 atom stereocenters. The summed E-state index contributed by atoms with van der Waals surface area (Å²) in [6.45, 7) is -0.932. The van der Waals surface area contributed by atoms with Gasteiger partial charge in [0.2, 0.25) is 0 Å². The second-order valence-electron chi connectivity index (χ2n) is 9.52. The Kier molecular flexibility index (Phi) is 10.2. The predicted molar refractivity (Wildman–Crippen MR) is 120 cm³/mol. The Morgan fingerprint density at radius 1 is 0.968 bits per heavy atom. The van der Waals surface area contributed by atoms with Crippen LogP contribution in [-0.2, 0) is 6.42 Å². The summed E-state index contributed by atoms with van der Waals surface area (Å²) in [6, 6.07) is 8.88. The lowest BCUT2D eigenvalue weighted by molar-refractivity contribution is 0.0799. The predicted octanol–water partition coefficient (Wildman–Crippen LogP) is 7.86. The van der Waals surface area contributed by atoms with Crippen molar-refractivity contribution in [3.63, 3.8) is 0 Å². The largest absolute Gasteiger partial charge is 0.485 e. The molecule has 0 spiro atoms. The van der Waals surface area contributed by atoms with Crippen LogP contribution >= 0.6 is 0 Å². The lowest BCUT2D eigenvalue weighted by Gasteiger charge is -2.37. The number of ether oxygens (including phenoxy) is 1. The summed E-state index contributed by atoms with van der Waals surface area (Å²) >= 11 is 0. The fraction of sp³-hybridized carbons (Fsp3) is 0.760. The van der Waals surface area contributed by atoms with Gasteiger partial charge in [0, 0.05) is 8.80 Å². The molecule has 0 aromatic heterocycles. The number of halogens is 4. The van der Waals surface area contributed by atoms with E-state index in [0.29, 0.717) is 5.92 Å². The number of aryl methyl sites for hydroxylation is 1. The average molecular weight is 458 g/mol. The van der Waals surface area contributed by atoms with Crippen LogP contribution in [0.5, 0.6) is 5.75 Å². The maximum Gasteiger partial charge on any atom is 0.272 e. The molecule has 1 saturated heterocycles. The molecule has 1 aromatic rings. The molecule has 175 valence electrons. The Bertz CT molecular complexity index is 640. The SMILES string of the molecule is FCCCC[Si]1CCC(C2CCC(CCc3ccc(OCC(F)F)c(F)c3)CC2)CC1. The molecule has 0 bridgehead atoms. The molecule has 31 heavy (non-hydrogen) atoms. The Morgan fingerprint density at radius 3 is 2.32 bits per heavy atom. The molecule has 2 aliphatic rings. The molecule has 3 rings (SSSR count). The molecule has 2 fully saturated rings. The number of benzene rings is 1. The van der Waals surface area contributed by atoms with E-state index >= 15 is 0 Å². The molecule has 1 aliphatic heterocycles. The van der Waals surface area contributed by atoms with E-state index in [1.54, 1.807) is 6.07 Å². The van der Waals surface area contributed by atoms with Crippen LogP contribution in [0.2, 0.25) is 18.1 Å². The first-order valence-electron chi connectivity index (χ1n) is 12.1. The summed E-state index contributed by atoms with van der Waals surface area (Å²) < 4.78 is 55.6. The lowest BCUT2D eigenvalue weighted by Crippen LogP contribution is -2.28. The molecular formula is C25H37F4OSi. The van der Waals surface area contributed by atoms with Crippen molar-refractivity contribution in [2.75, 3.05) is 13.3 Å². The number of alkyl halides is 3. The van der Waals surface area contributed by atoms with Gasteiger partial charge >= 0.3 is 0 Å². The summed E-state index contributed by atoms with van der Waals surface area (Å²) in [7, 11) is -0.198. The summed E-state index contributed by atoms with van der Waals surface area (Å²) in [5.41, 5.74) is 0.915. The van der Waals surface area contributed by atoms with E-state index in [1.807, 2.05) is 0 Å². The van der Waals surface area contributed by atoms with Gasteiger partial charge in [0.05, 0.1) is 6.67 Å². The van der Waals surface area contributed by atoms with Crippen molar-refractivity contribution < 1.29 is 22.3 Å². The van der Waals surface area contributed by atoms with Crippen LogP contribution in [0.1, 0.15) is 63.4 Å². The van der Waals surface area contributed by atoms with Gasteiger partial charge in [-0.15, -0.1) is 0 Å². The molecule has 6 heteroatoms. The molecule has 1 nitrogen and oxygen atoms in total. The molecule has 1 heterocycles. The normalized spacial score (nSPS) is 23.4. The van der Waals surface area contributed by atoms with E-state index in [0.717, 1.165) is 43.1 Å². The summed E-state index contributed by atoms with van der Waals surface area (Å²) in [4.78, 5) is 0. The second kappa shape index (κ2) is 12.9. The van der Waals surface area contributed by atoms with Crippen LogP contribution in [0, 0.1) is 23.6 Å². The van der Waals surface area contributed by atoms with Gasteiger partial charge in [-0.1, -0.05) is 56.3 Å². The monoisotopic (exact) mass is 457 g/mol. The highest BCUT2D eigenvalue weighted by atomic mass is 28.3. The molecule has 0 unspecified atom stereocenters. The highest BCUT2D eigenvalue weighted by Gasteiger charge is 2.31. The summed E-state index contributed by atoms with van der Waals surface area (Å²) in [5, 5.41) is 0. The third kappa shape index (κ3) is 8.10. The van der Waals surface area contributed by atoms with Gasteiger partial charge in [-0.3, -0.25) is 4.39 Å². The van der Waals surface area contributed by atoms with E-state index in [1.165, 1.54) is 68.8 Å². The molecule has 1 aliphatic carbocycles. The van der Waals surface area contributed by atoms with Gasteiger partial charge in [-0.25, -0.2) is 13.2 Å². The molecule has 1 saturated carbocycles. The molecule has 1 aromatic carbocycles. The Balaban J connectivity index is 1.34. The van der Waals surface area contributed by atoms with Crippen molar-refractivity contribution >= 4 is 8.80 Å². The highest BCUT2D eigenvalue weighted by molar-refractivity contribution is 6.58. The molecule has 0 amide bonds. The second-order valence-corrected chi connectivity index (χ2v) is 12.5. The first-order valence-corrected chi connectivity index (χ1v) is 14.3. The minimum Gasteiger partial charge on any atom is -0.485 e. The minimum atomic E-state index is -2.60. The zero-order chi connectivity index (χ0) is 22.1. The van der Waals surface area contributed by atoms with Crippen LogP contribution in [0.3, 0.4) is 0 Å². The standard InChI is InChI=1S/C25H37F4OSi/c26-13-1-2-14-31-15-11-22(12-16-31)21-8-5-19(6-9-21)3-4-20-7-10-24(23(27)17-20)30-18-25(28)29/h7,10,17,19,21-22,25H,1-6,8-9,11-16,18H2. The van der Waals surface area contributed by atoms with E-state index in [2.05, 4.69) is 0 Å². The van der Waals surface area contributed by atoms with E-state index in [-0.39, 0.29) is 21.2 Å². The van der Waals surface area contributed by atoms with Crippen molar-refractivity contribution in [2.45, 2.75) is 88.8 Å². The first-order chi connectivity index (χ1) is 15.0. The van der Waals surface area contributed by atoms with Crippen LogP contribution in [0.25, 0.3) is 0 Å². The summed E-state index contributed by atoms with van der Waals surface area (Å²) in [5.74, 6) is 1.85. The number of rotatable bonds is 11. The third-order valence-electron chi connectivity index (χ3n) is 7.41. The lowest BCUT2D eigenvalue weighted by atomic mass is 9.73. The molecule has 1 radical (unpaired) electrons. The number of hydrogen-bond donors (Lipinski definition) is 0. The quantitative estimate of drug-likeness (QED) is 0.187. The minimum absolute atomic E-state index is 0.0936. The van der Waals surface area contributed by atoms with Crippen molar-refractivity contribution in [1.29, 1.82) is 0 Å². The van der Waals surface area contributed by atoms with Gasteiger partial charge in [0.15, 0.2) is 11.6 Å². The number of unbranched alkanes of at least 4 members (excludes halogenated alkanes) is 1. The van der Waals surface area contributed by atoms with Crippen LogP contribution in [0.4, 0.5) is 17.6 Å². The van der Waals surface area contributed by atoms with Gasteiger partial charge in [0.25, 0.3) is 6.43 Å². The third-order valence-corrected chi connectivity index (χ3v) is 10.5. The zero-order valence-corrected chi connectivity index (χ0v) is 19.6. The average Bonchev–Trinajstić information content (AvgIpc) is 2.78. The smallest absolute Gasteiger partial charge is 0.272 e. The van der Waals surface area contributed by atoms with Gasteiger partial charge in [-0.05, 0) is 67.6 Å². The van der Waals surface area contributed by atoms with Crippen molar-refractivity contribution in [3.8, 4) is 5.75 Å². The maximum atomic E-state index is 14.1. The summed E-state index contributed by atoms with van der Waals surface area (Å²) in [6.07, 6.45) is 9.14. The Morgan fingerprint density at radius 2 is 1.68 bits per heavy atom. The van der Waals surface area contributed by atoms with Crippen LogP contribution < -0.4 is 4.74 Å². The molecule has 0 N–H and O–H groups in total. The van der Waals surface area contributed by atoms with Gasteiger partial charge in [0.1, 0.15) is 6.61 Å². The van der Waals surface area contributed by atoms with Crippen molar-refractivity contribution in [1.82, 2.24) is 0 Å². The number of hydrogen-bond acceptors (Lipinski definition) is 1. The van der Waals surface area contributed by atoms with Crippen LogP contribution in [0.15, 0.2) is 18.2 Å². The topological polar surface area (TPSA) is 9.23 Å². The first kappa shape index (κ1) is 24.6. The van der Waals surface area contributed by atoms with Crippen LogP contribution in [-0.4, -0.2) is 28.5 Å².